The van der Waals surface area contributed by atoms with Crippen LogP contribution in [0.5, 0.6) is 5.75 Å². The summed E-state index contributed by atoms with van der Waals surface area (Å²) >= 11 is 1.49. The Hall–Kier alpha value is -4.03. The van der Waals surface area contributed by atoms with E-state index in [-0.39, 0.29) is 23.7 Å². The number of hydrogen-bond acceptors (Lipinski definition) is 4. The molecule has 5 rings (SSSR count). The Morgan fingerprint density at radius 3 is 2.00 bits per heavy atom. The molecule has 0 saturated heterocycles. The van der Waals surface area contributed by atoms with Gasteiger partial charge >= 0.3 is 0 Å². The van der Waals surface area contributed by atoms with Gasteiger partial charge in [0, 0.05) is 21.4 Å². The van der Waals surface area contributed by atoms with Gasteiger partial charge in [-0.2, -0.15) is 0 Å². The van der Waals surface area contributed by atoms with Gasteiger partial charge in [0.2, 0.25) is 5.91 Å². The second kappa shape index (κ2) is 10.1. The van der Waals surface area contributed by atoms with Crippen molar-refractivity contribution in [3.8, 4) is 5.75 Å². The van der Waals surface area contributed by atoms with Crippen LogP contribution in [0.25, 0.3) is 21.8 Å². The minimum absolute atomic E-state index is 0.0304. The summed E-state index contributed by atoms with van der Waals surface area (Å²) in [6.45, 7) is 1.86. The topological polar surface area (TPSA) is 60.3 Å². The molecule has 0 bridgehead atoms. The van der Waals surface area contributed by atoms with Crippen molar-refractivity contribution in [2.24, 2.45) is 0 Å². The van der Waals surface area contributed by atoms with E-state index in [1.807, 2.05) is 90.4 Å². The van der Waals surface area contributed by atoms with Crippen LogP contribution in [0.3, 0.4) is 0 Å². The van der Waals surface area contributed by atoms with E-state index in [1.165, 1.54) is 11.8 Å². The summed E-state index contributed by atoms with van der Waals surface area (Å²) in [6.07, 6.45) is 0. The lowest BCUT2D eigenvalue weighted by Gasteiger charge is -2.14. The fourth-order valence-electron chi connectivity index (χ4n) is 4.08. The lowest BCUT2D eigenvalue weighted by Crippen LogP contribution is -2.21. The Kier molecular flexibility index (Phi) is 6.55. The molecule has 0 aliphatic carbocycles. The molecule has 0 radical (unpaired) electrons. The number of fused-ring (bicyclic) bond motifs is 3. The molecule has 174 valence electrons. The van der Waals surface area contributed by atoms with Crippen molar-refractivity contribution in [3.63, 3.8) is 0 Å². The maximum absolute atomic E-state index is 13.5. The van der Waals surface area contributed by atoms with E-state index in [0.717, 1.165) is 26.7 Å². The molecule has 1 atom stereocenters. The van der Waals surface area contributed by atoms with Crippen LogP contribution < -0.4 is 10.1 Å². The van der Waals surface area contributed by atoms with Crippen molar-refractivity contribution in [2.45, 2.75) is 17.1 Å². The molecule has 4 aromatic carbocycles. The number of benzene rings is 4. The third kappa shape index (κ3) is 4.93. The summed E-state index contributed by atoms with van der Waals surface area (Å²) in [6, 6.07) is 32.7. The third-order valence-electron chi connectivity index (χ3n) is 5.71. The molecule has 1 amide bonds. The number of carbonyl (C=O) groups excluding carboxylic acids is 2. The summed E-state index contributed by atoms with van der Waals surface area (Å²) in [4.78, 5) is 26.7. The number of thioether (sulfide) groups is 1. The van der Waals surface area contributed by atoms with Gasteiger partial charge in [-0.15, -0.1) is 11.8 Å². The maximum atomic E-state index is 13.5. The third-order valence-corrected chi connectivity index (χ3v) is 6.81. The number of ether oxygens (including phenoxy) is 1. The van der Waals surface area contributed by atoms with Gasteiger partial charge < -0.3 is 10.1 Å². The highest BCUT2D eigenvalue weighted by Crippen LogP contribution is 2.32. The van der Waals surface area contributed by atoms with Gasteiger partial charge in [0.1, 0.15) is 5.75 Å². The summed E-state index contributed by atoms with van der Waals surface area (Å²) in [7, 11) is 0. The van der Waals surface area contributed by atoms with Gasteiger partial charge in [0.05, 0.1) is 16.3 Å². The van der Waals surface area contributed by atoms with E-state index in [9.17, 15) is 9.59 Å². The van der Waals surface area contributed by atoms with Gasteiger partial charge in [-0.25, -0.2) is 0 Å². The second-order valence-corrected chi connectivity index (χ2v) is 9.56. The fourth-order valence-corrected chi connectivity index (χ4v) is 4.98. The van der Waals surface area contributed by atoms with Gasteiger partial charge in [-0.3, -0.25) is 14.2 Å². The van der Waals surface area contributed by atoms with Gasteiger partial charge in [0.15, 0.2) is 6.61 Å². The van der Waals surface area contributed by atoms with E-state index in [2.05, 4.69) is 17.4 Å². The molecule has 0 spiro atoms. The first-order chi connectivity index (χ1) is 17.1. The lowest BCUT2D eigenvalue weighted by molar-refractivity contribution is -0.118. The average Bonchev–Trinajstić information content (AvgIpc) is 3.23. The molecule has 5 aromatic rings. The molecule has 0 aliphatic rings. The van der Waals surface area contributed by atoms with Crippen molar-refractivity contribution in [3.05, 3.63) is 103 Å². The Balaban J connectivity index is 1.25. The molecule has 35 heavy (non-hydrogen) atoms. The number of aromatic nitrogens is 1. The Labute approximate surface area is 207 Å². The van der Waals surface area contributed by atoms with Crippen LogP contribution in [-0.4, -0.2) is 28.2 Å². The van der Waals surface area contributed by atoms with Crippen molar-refractivity contribution < 1.29 is 14.3 Å². The van der Waals surface area contributed by atoms with E-state index in [0.29, 0.717) is 11.4 Å². The molecule has 1 heterocycles. The average molecular weight is 481 g/mol. The molecule has 6 heteroatoms. The zero-order chi connectivity index (χ0) is 24.2. The van der Waals surface area contributed by atoms with E-state index in [1.54, 1.807) is 12.1 Å². The monoisotopic (exact) mass is 480 g/mol. The number of carbonyl (C=O) groups is 2. The predicted octanol–water partition coefficient (Wildman–Crippen LogP) is 6.63. The first-order valence-electron chi connectivity index (χ1n) is 11.4. The zero-order valence-corrected chi connectivity index (χ0v) is 20.0. The molecule has 1 N–H and O–H groups in total. The number of hydrogen-bond donors (Lipinski definition) is 1. The van der Waals surface area contributed by atoms with Crippen LogP contribution >= 0.6 is 11.8 Å². The molecule has 1 unspecified atom stereocenters. The molecule has 5 nitrogen and oxygen atoms in total. The summed E-state index contributed by atoms with van der Waals surface area (Å²) < 4.78 is 7.31. The SMILES string of the molecule is CC(Sc1ccc(NC(=O)COc2ccccc2)cc1)C(=O)n1c2ccccc2c2ccccc21. The normalized spacial score (nSPS) is 11.9. The molecule has 0 saturated carbocycles. The van der Waals surface area contributed by atoms with Crippen LogP contribution in [0.4, 0.5) is 5.69 Å². The maximum Gasteiger partial charge on any atom is 0.262 e. The molecule has 0 fully saturated rings. The second-order valence-electron chi connectivity index (χ2n) is 8.14. The highest BCUT2D eigenvalue weighted by atomic mass is 32.2. The van der Waals surface area contributed by atoms with Crippen LogP contribution in [0.2, 0.25) is 0 Å². The highest BCUT2D eigenvalue weighted by Gasteiger charge is 2.21. The number of amides is 1. The minimum atomic E-state index is -0.297. The minimum Gasteiger partial charge on any atom is -0.484 e. The summed E-state index contributed by atoms with van der Waals surface area (Å²) in [5, 5.41) is 4.68. The first kappa shape index (κ1) is 22.7. The number of nitrogens with one attached hydrogen (secondary N) is 1. The van der Waals surface area contributed by atoms with Gasteiger partial charge in [-0.1, -0.05) is 54.6 Å². The Morgan fingerprint density at radius 2 is 1.37 bits per heavy atom. The van der Waals surface area contributed by atoms with Gasteiger partial charge in [-0.05, 0) is 55.5 Å². The predicted molar refractivity (Wildman–Crippen MR) is 142 cm³/mol. The summed E-state index contributed by atoms with van der Waals surface area (Å²) in [5.74, 6) is 0.448. The van der Waals surface area contributed by atoms with Crippen LogP contribution in [0.1, 0.15) is 11.7 Å². The summed E-state index contributed by atoms with van der Waals surface area (Å²) in [5.41, 5.74) is 2.52. The molecule has 1 aromatic heterocycles. The molecule has 0 aliphatic heterocycles. The molecular weight excluding hydrogens is 456 g/mol. The van der Waals surface area contributed by atoms with E-state index < -0.39 is 0 Å². The van der Waals surface area contributed by atoms with E-state index >= 15 is 0 Å². The Bertz CT molecular complexity index is 1440. The number of rotatable bonds is 7. The number of para-hydroxylation sites is 3. The molecular formula is C29H24N2O3S. The Morgan fingerprint density at radius 1 is 0.800 bits per heavy atom. The van der Waals surface area contributed by atoms with E-state index in [4.69, 9.17) is 4.74 Å². The van der Waals surface area contributed by atoms with Crippen LogP contribution in [0, 0.1) is 0 Å². The zero-order valence-electron chi connectivity index (χ0n) is 19.2. The van der Waals surface area contributed by atoms with Crippen molar-refractivity contribution in [1.82, 2.24) is 4.57 Å². The van der Waals surface area contributed by atoms with Crippen molar-refractivity contribution in [1.29, 1.82) is 0 Å². The van der Waals surface area contributed by atoms with Crippen LogP contribution in [0.15, 0.2) is 108 Å². The van der Waals surface area contributed by atoms with Gasteiger partial charge in [0.25, 0.3) is 5.91 Å². The number of anilines is 1. The fraction of sp³-hybridized carbons (Fsp3) is 0.103. The first-order valence-corrected chi connectivity index (χ1v) is 12.2. The van der Waals surface area contributed by atoms with Crippen molar-refractivity contribution >= 4 is 51.1 Å². The lowest BCUT2D eigenvalue weighted by atomic mass is 10.2. The smallest absolute Gasteiger partial charge is 0.262 e. The van der Waals surface area contributed by atoms with Crippen molar-refractivity contribution in [2.75, 3.05) is 11.9 Å². The van der Waals surface area contributed by atoms with Crippen LogP contribution in [-0.2, 0) is 4.79 Å². The standard InChI is InChI=1S/C29H24N2O3S/c1-20(29(33)31-26-13-7-5-11-24(26)25-12-6-8-14-27(25)31)35-23-17-15-21(16-18-23)30-28(32)19-34-22-9-3-2-4-10-22/h2-18,20H,19H2,1H3,(H,30,32). The number of nitrogens with zero attached hydrogens (tertiary/aromatic N) is 1. The largest absolute Gasteiger partial charge is 0.484 e. The quantitative estimate of drug-likeness (QED) is 0.266. The highest BCUT2D eigenvalue weighted by molar-refractivity contribution is 8.00.